The standard InChI is InChI=1S/C21H40N4O2/c1-5-22-19(23-16-20(25(3)4)11-13-26-14-12-20)24-17-15-18(27-6-2)21(17)9-7-8-10-21/h17-18H,5-16H2,1-4H3,(H2,22,23,24). The van der Waals surface area contributed by atoms with Crippen LogP contribution in [0.3, 0.4) is 0 Å². The van der Waals surface area contributed by atoms with Crippen LogP contribution >= 0.6 is 0 Å². The lowest BCUT2D eigenvalue weighted by Crippen LogP contribution is -2.65. The van der Waals surface area contributed by atoms with E-state index in [0.717, 1.165) is 58.1 Å². The molecule has 3 rings (SSSR count). The highest BCUT2D eigenvalue weighted by atomic mass is 16.5. The Labute approximate surface area is 165 Å². The van der Waals surface area contributed by atoms with Crippen LogP contribution in [-0.2, 0) is 9.47 Å². The zero-order valence-corrected chi connectivity index (χ0v) is 17.9. The van der Waals surface area contributed by atoms with Gasteiger partial charge < -0.3 is 25.0 Å². The van der Waals surface area contributed by atoms with E-state index < -0.39 is 0 Å². The largest absolute Gasteiger partial charge is 0.381 e. The maximum absolute atomic E-state index is 6.07. The van der Waals surface area contributed by atoms with Gasteiger partial charge in [-0.15, -0.1) is 0 Å². The van der Waals surface area contributed by atoms with Crippen molar-refractivity contribution in [2.24, 2.45) is 10.4 Å². The van der Waals surface area contributed by atoms with Gasteiger partial charge in [-0.2, -0.15) is 0 Å². The van der Waals surface area contributed by atoms with Crippen molar-refractivity contribution in [3.63, 3.8) is 0 Å². The zero-order valence-electron chi connectivity index (χ0n) is 17.9. The Morgan fingerprint density at radius 1 is 1.15 bits per heavy atom. The number of hydrogen-bond acceptors (Lipinski definition) is 4. The topological polar surface area (TPSA) is 58.1 Å². The lowest BCUT2D eigenvalue weighted by atomic mass is 9.60. The van der Waals surface area contributed by atoms with Crippen molar-refractivity contribution in [3.8, 4) is 0 Å². The molecule has 2 atom stereocenters. The van der Waals surface area contributed by atoms with E-state index in [1.165, 1.54) is 25.7 Å². The molecular weight excluding hydrogens is 340 g/mol. The molecule has 0 aromatic rings. The van der Waals surface area contributed by atoms with Crippen LogP contribution in [0.4, 0.5) is 0 Å². The number of aliphatic imine (C=N–C) groups is 1. The summed E-state index contributed by atoms with van der Waals surface area (Å²) in [4.78, 5) is 7.38. The lowest BCUT2D eigenvalue weighted by Gasteiger charge is -2.54. The first-order valence-corrected chi connectivity index (χ1v) is 11.0. The van der Waals surface area contributed by atoms with Crippen LogP contribution in [0.5, 0.6) is 0 Å². The van der Waals surface area contributed by atoms with Crippen LogP contribution < -0.4 is 10.6 Å². The smallest absolute Gasteiger partial charge is 0.191 e. The average molecular weight is 381 g/mol. The summed E-state index contributed by atoms with van der Waals surface area (Å²) in [5, 5.41) is 7.26. The molecule has 0 radical (unpaired) electrons. The summed E-state index contributed by atoms with van der Waals surface area (Å²) in [6, 6.07) is 0.486. The van der Waals surface area contributed by atoms with Gasteiger partial charge in [-0.1, -0.05) is 12.8 Å². The number of nitrogens with zero attached hydrogens (tertiary/aromatic N) is 2. The number of guanidine groups is 1. The molecule has 6 heteroatoms. The number of nitrogens with one attached hydrogen (secondary N) is 2. The van der Waals surface area contributed by atoms with Gasteiger partial charge in [0.05, 0.1) is 12.6 Å². The molecule has 2 N–H and O–H groups in total. The van der Waals surface area contributed by atoms with Crippen molar-refractivity contribution in [2.75, 3.05) is 47.0 Å². The first-order chi connectivity index (χ1) is 13.1. The van der Waals surface area contributed by atoms with E-state index in [9.17, 15) is 0 Å². The van der Waals surface area contributed by atoms with Gasteiger partial charge in [0.2, 0.25) is 0 Å². The minimum absolute atomic E-state index is 0.110. The van der Waals surface area contributed by atoms with E-state index in [1.54, 1.807) is 0 Å². The molecule has 1 saturated heterocycles. The van der Waals surface area contributed by atoms with Gasteiger partial charge in [-0.25, -0.2) is 0 Å². The molecule has 2 saturated carbocycles. The van der Waals surface area contributed by atoms with Gasteiger partial charge in [0.15, 0.2) is 5.96 Å². The van der Waals surface area contributed by atoms with E-state index in [1.807, 2.05) is 0 Å². The van der Waals surface area contributed by atoms with Gasteiger partial charge in [-0.05, 0) is 60.0 Å². The minimum Gasteiger partial charge on any atom is -0.381 e. The van der Waals surface area contributed by atoms with Crippen LogP contribution in [0.15, 0.2) is 4.99 Å². The normalized spacial score (nSPS) is 29.7. The predicted octanol–water partition coefficient (Wildman–Crippen LogP) is 2.39. The second-order valence-corrected chi connectivity index (χ2v) is 8.74. The SMILES string of the molecule is CCNC(=NCC1(N(C)C)CCOCC1)NC1CC(OCC)C12CCCC2. The number of rotatable bonds is 7. The molecule has 156 valence electrons. The van der Waals surface area contributed by atoms with Gasteiger partial charge in [-0.3, -0.25) is 4.99 Å². The molecule has 0 amide bonds. The summed E-state index contributed by atoms with van der Waals surface area (Å²) in [7, 11) is 4.35. The Kier molecular flexibility index (Phi) is 7.03. The van der Waals surface area contributed by atoms with Crippen LogP contribution in [0.2, 0.25) is 0 Å². The van der Waals surface area contributed by atoms with E-state index >= 15 is 0 Å². The summed E-state index contributed by atoms with van der Waals surface area (Å²) >= 11 is 0. The van der Waals surface area contributed by atoms with Crippen LogP contribution in [-0.4, -0.2) is 75.5 Å². The van der Waals surface area contributed by atoms with Crippen molar-refractivity contribution in [2.45, 2.75) is 76.5 Å². The van der Waals surface area contributed by atoms with Crippen molar-refractivity contribution in [1.29, 1.82) is 0 Å². The Hall–Kier alpha value is -0.850. The van der Waals surface area contributed by atoms with Crippen LogP contribution in [0, 0.1) is 5.41 Å². The first kappa shape index (κ1) is 20.9. The fourth-order valence-electron chi connectivity index (χ4n) is 5.30. The van der Waals surface area contributed by atoms with Gasteiger partial charge in [0, 0.05) is 43.4 Å². The number of hydrogen-bond donors (Lipinski definition) is 2. The maximum atomic E-state index is 6.07. The third kappa shape index (κ3) is 4.28. The molecule has 2 aliphatic carbocycles. The lowest BCUT2D eigenvalue weighted by molar-refractivity contribution is -0.125. The molecule has 27 heavy (non-hydrogen) atoms. The molecule has 3 aliphatic rings. The van der Waals surface area contributed by atoms with E-state index in [0.29, 0.717) is 17.6 Å². The van der Waals surface area contributed by atoms with Gasteiger partial charge in [0.25, 0.3) is 0 Å². The molecule has 6 nitrogen and oxygen atoms in total. The second kappa shape index (κ2) is 9.10. The molecule has 3 fully saturated rings. The quantitative estimate of drug-likeness (QED) is 0.525. The highest BCUT2D eigenvalue weighted by Crippen LogP contribution is 2.54. The average Bonchev–Trinajstić information content (AvgIpc) is 3.19. The predicted molar refractivity (Wildman–Crippen MR) is 110 cm³/mol. The fourth-order valence-corrected chi connectivity index (χ4v) is 5.30. The molecule has 1 spiro atoms. The fraction of sp³-hybridized carbons (Fsp3) is 0.952. The Bertz CT molecular complexity index is 496. The molecule has 0 bridgehead atoms. The molecule has 2 unspecified atom stereocenters. The first-order valence-electron chi connectivity index (χ1n) is 11.0. The zero-order chi connectivity index (χ0) is 19.3. The van der Waals surface area contributed by atoms with E-state index in [4.69, 9.17) is 14.5 Å². The number of likely N-dealkylation sites (N-methyl/N-ethyl adjacent to an activating group) is 1. The van der Waals surface area contributed by atoms with Crippen LogP contribution in [0.25, 0.3) is 0 Å². The summed E-state index contributed by atoms with van der Waals surface area (Å²) in [5.41, 5.74) is 0.434. The van der Waals surface area contributed by atoms with Crippen molar-refractivity contribution < 1.29 is 9.47 Å². The van der Waals surface area contributed by atoms with Gasteiger partial charge >= 0.3 is 0 Å². The van der Waals surface area contributed by atoms with Crippen molar-refractivity contribution >= 4 is 5.96 Å². The van der Waals surface area contributed by atoms with Crippen molar-refractivity contribution in [3.05, 3.63) is 0 Å². The second-order valence-electron chi connectivity index (χ2n) is 8.74. The monoisotopic (exact) mass is 380 g/mol. The van der Waals surface area contributed by atoms with Gasteiger partial charge in [0.1, 0.15) is 0 Å². The molecule has 1 aliphatic heterocycles. The Morgan fingerprint density at radius 3 is 2.44 bits per heavy atom. The summed E-state index contributed by atoms with van der Waals surface area (Å²) in [6.07, 6.45) is 8.85. The highest BCUT2D eigenvalue weighted by molar-refractivity contribution is 5.80. The van der Waals surface area contributed by atoms with E-state index in [2.05, 4.69) is 43.5 Å². The Balaban J connectivity index is 1.67. The van der Waals surface area contributed by atoms with E-state index in [-0.39, 0.29) is 5.54 Å². The highest BCUT2D eigenvalue weighted by Gasteiger charge is 2.57. The molecule has 0 aromatic heterocycles. The molecule has 1 heterocycles. The maximum Gasteiger partial charge on any atom is 0.191 e. The van der Waals surface area contributed by atoms with Crippen LogP contribution in [0.1, 0.15) is 58.8 Å². The third-order valence-corrected chi connectivity index (χ3v) is 7.25. The summed E-state index contributed by atoms with van der Waals surface area (Å²) in [5.74, 6) is 0.969. The third-order valence-electron chi connectivity index (χ3n) is 7.25. The molecular formula is C21H40N4O2. The van der Waals surface area contributed by atoms with Crippen molar-refractivity contribution in [1.82, 2.24) is 15.5 Å². The minimum atomic E-state index is 0.110. The molecule has 0 aromatic carbocycles. The Morgan fingerprint density at radius 2 is 1.85 bits per heavy atom. The summed E-state index contributed by atoms with van der Waals surface area (Å²) < 4.78 is 11.7. The summed E-state index contributed by atoms with van der Waals surface area (Å²) in [6.45, 7) is 8.44. The number of ether oxygens (including phenoxy) is 2.